The van der Waals surface area contributed by atoms with Gasteiger partial charge in [-0.25, -0.2) is 4.98 Å². The molecule has 0 bridgehead atoms. The number of nitrogens with zero attached hydrogens (tertiary/aromatic N) is 2. The summed E-state index contributed by atoms with van der Waals surface area (Å²) in [4.78, 5) is 19.1. The van der Waals surface area contributed by atoms with Gasteiger partial charge in [0.05, 0.1) is 11.1 Å². The van der Waals surface area contributed by atoms with E-state index in [0.29, 0.717) is 17.6 Å². The van der Waals surface area contributed by atoms with Gasteiger partial charge in [0.25, 0.3) is 5.91 Å². The van der Waals surface area contributed by atoms with Gasteiger partial charge in [-0.1, -0.05) is 18.2 Å². The molecule has 2 aliphatic heterocycles. The summed E-state index contributed by atoms with van der Waals surface area (Å²) in [5.74, 6) is 0.317. The molecule has 2 fully saturated rings. The number of piperidine rings is 1. The van der Waals surface area contributed by atoms with Crippen molar-refractivity contribution in [1.82, 2.24) is 10.3 Å². The molecule has 2 aliphatic rings. The number of nitrogens with one attached hydrogen (secondary N) is 1. The molecule has 6 nitrogen and oxygen atoms in total. The highest BCUT2D eigenvalue weighted by Gasteiger charge is 2.26. The minimum atomic E-state index is -0.414. The van der Waals surface area contributed by atoms with E-state index in [0.717, 1.165) is 74.3 Å². The van der Waals surface area contributed by atoms with E-state index in [2.05, 4.69) is 10.2 Å². The van der Waals surface area contributed by atoms with Gasteiger partial charge >= 0.3 is 0 Å². The third-order valence-electron chi connectivity index (χ3n) is 5.78. The number of para-hydroxylation sites is 1. The molecule has 0 unspecified atom stereocenters. The number of anilines is 1. The van der Waals surface area contributed by atoms with Crippen LogP contribution < -0.4 is 16.0 Å². The van der Waals surface area contributed by atoms with Crippen molar-refractivity contribution in [2.45, 2.75) is 44.7 Å². The first-order valence-electron chi connectivity index (χ1n) is 9.91. The highest BCUT2D eigenvalue weighted by Crippen LogP contribution is 2.28. The molecule has 0 radical (unpaired) electrons. The molecule has 3 heterocycles. The van der Waals surface area contributed by atoms with Crippen molar-refractivity contribution in [2.75, 3.05) is 31.2 Å². The van der Waals surface area contributed by atoms with Crippen molar-refractivity contribution in [3.63, 3.8) is 0 Å². The van der Waals surface area contributed by atoms with Crippen molar-refractivity contribution in [1.29, 1.82) is 0 Å². The zero-order chi connectivity index (χ0) is 18.8. The molecule has 3 N–H and O–H groups in total. The zero-order valence-corrected chi connectivity index (χ0v) is 15.9. The summed E-state index contributed by atoms with van der Waals surface area (Å²) in [6, 6.07) is 8.99. The van der Waals surface area contributed by atoms with Crippen LogP contribution in [-0.2, 0) is 4.74 Å². The first kappa shape index (κ1) is 18.2. The van der Waals surface area contributed by atoms with Crippen molar-refractivity contribution >= 4 is 22.6 Å². The number of amides is 1. The Kier molecular flexibility index (Phi) is 5.27. The number of fused-ring (bicyclic) bond motifs is 1. The van der Waals surface area contributed by atoms with Crippen LogP contribution >= 0.6 is 0 Å². The predicted octanol–water partition coefficient (Wildman–Crippen LogP) is 2.38. The maximum Gasteiger partial charge on any atom is 0.252 e. The Hall–Kier alpha value is -2.18. The maximum absolute atomic E-state index is 12.1. The van der Waals surface area contributed by atoms with Crippen LogP contribution in [0.15, 0.2) is 24.3 Å². The minimum Gasteiger partial charge on any atom is -0.381 e. The molecule has 27 heavy (non-hydrogen) atoms. The van der Waals surface area contributed by atoms with Gasteiger partial charge in [-0.05, 0) is 44.2 Å². The second-order valence-corrected chi connectivity index (χ2v) is 7.69. The van der Waals surface area contributed by atoms with Crippen molar-refractivity contribution in [3.05, 3.63) is 35.4 Å². The molecule has 1 amide bonds. The average molecular weight is 368 g/mol. The minimum absolute atomic E-state index is 0.414. The van der Waals surface area contributed by atoms with Gasteiger partial charge in [0.15, 0.2) is 0 Å². The molecule has 4 rings (SSSR count). The Labute approximate surface area is 160 Å². The molecule has 0 saturated carbocycles. The first-order valence-corrected chi connectivity index (χ1v) is 9.91. The molecule has 1 aromatic heterocycles. The van der Waals surface area contributed by atoms with Crippen LogP contribution in [0.2, 0.25) is 0 Å². The second-order valence-electron chi connectivity index (χ2n) is 7.69. The van der Waals surface area contributed by atoms with Crippen LogP contribution in [0.5, 0.6) is 0 Å². The molecular weight excluding hydrogens is 340 g/mol. The van der Waals surface area contributed by atoms with Gasteiger partial charge in [-0.2, -0.15) is 0 Å². The molecule has 6 heteroatoms. The van der Waals surface area contributed by atoms with Gasteiger partial charge < -0.3 is 20.7 Å². The van der Waals surface area contributed by atoms with Gasteiger partial charge in [-0.3, -0.25) is 4.79 Å². The van der Waals surface area contributed by atoms with E-state index < -0.39 is 5.91 Å². The molecule has 2 saturated heterocycles. The fourth-order valence-electron chi connectivity index (χ4n) is 4.21. The average Bonchev–Trinajstić information content (AvgIpc) is 2.69. The van der Waals surface area contributed by atoms with E-state index in [4.69, 9.17) is 15.5 Å². The van der Waals surface area contributed by atoms with Gasteiger partial charge in [-0.15, -0.1) is 0 Å². The number of hydrogen-bond donors (Lipinski definition) is 2. The zero-order valence-electron chi connectivity index (χ0n) is 15.9. The van der Waals surface area contributed by atoms with Crippen molar-refractivity contribution < 1.29 is 9.53 Å². The number of aromatic nitrogens is 1. The first-order chi connectivity index (χ1) is 13.1. The quantitative estimate of drug-likeness (QED) is 0.866. The number of ether oxygens (including phenoxy) is 1. The number of primary amides is 1. The van der Waals surface area contributed by atoms with Crippen LogP contribution in [0.4, 0.5) is 5.82 Å². The second kappa shape index (κ2) is 7.82. The van der Waals surface area contributed by atoms with Crippen molar-refractivity contribution in [3.8, 4) is 0 Å². The Morgan fingerprint density at radius 3 is 2.59 bits per heavy atom. The van der Waals surface area contributed by atoms with E-state index in [1.54, 1.807) is 0 Å². The van der Waals surface area contributed by atoms with Gasteiger partial charge in [0.2, 0.25) is 0 Å². The normalized spacial score (nSPS) is 19.5. The fourth-order valence-corrected chi connectivity index (χ4v) is 4.21. The molecule has 0 atom stereocenters. The monoisotopic (exact) mass is 368 g/mol. The van der Waals surface area contributed by atoms with E-state index in [-0.39, 0.29) is 0 Å². The van der Waals surface area contributed by atoms with Crippen LogP contribution in [0.1, 0.15) is 41.6 Å². The molecule has 0 aliphatic carbocycles. The number of aryl methyl sites for hydroxylation is 1. The van der Waals surface area contributed by atoms with Gasteiger partial charge in [0, 0.05) is 43.8 Å². The van der Waals surface area contributed by atoms with Crippen molar-refractivity contribution in [2.24, 2.45) is 5.73 Å². The largest absolute Gasteiger partial charge is 0.381 e. The summed E-state index contributed by atoms with van der Waals surface area (Å²) in [7, 11) is 0. The van der Waals surface area contributed by atoms with Crippen LogP contribution in [0.3, 0.4) is 0 Å². The summed E-state index contributed by atoms with van der Waals surface area (Å²) in [6.07, 6.45) is 4.28. The van der Waals surface area contributed by atoms with Crippen LogP contribution in [0.25, 0.3) is 10.9 Å². The summed E-state index contributed by atoms with van der Waals surface area (Å²) in [5, 5.41) is 4.75. The number of benzene rings is 1. The fraction of sp³-hybridized carbons (Fsp3) is 0.524. The number of hydrogen-bond acceptors (Lipinski definition) is 5. The molecule has 2 aromatic rings. The smallest absolute Gasteiger partial charge is 0.252 e. The van der Waals surface area contributed by atoms with E-state index in [9.17, 15) is 4.79 Å². The van der Waals surface area contributed by atoms with E-state index in [1.165, 1.54) is 0 Å². The maximum atomic E-state index is 12.1. The topological polar surface area (TPSA) is 80.5 Å². The third kappa shape index (κ3) is 3.92. The lowest BCUT2D eigenvalue weighted by Gasteiger charge is -2.36. The summed E-state index contributed by atoms with van der Waals surface area (Å²) in [6.45, 7) is 5.53. The third-order valence-corrected chi connectivity index (χ3v) is 5.78. The Morgan fingerprint density at radius 1 is 1.19 bits per heavy atom. The van der Waals surface area contributed by atoms with E-state index >= 15 is 0 Å². The summed E-state index contributed by atoms with van der Waals surface area (Å²) < 4.78 is 5.44. The highest BCUT2D eigenvalue weighted by atomic mass is 16.5. The predicted molar refractivity (Wildman–Crippen MR) is 107 cm³/mol. The lowest BCUT2D eigenvalue weighted by molar-refractivity contribution is 0.0738. The Bertz CT molecular complexity index is 824. The SMILES string of the molecule is Cc1cccc2cc(C(N)=O)c(N3CCC(NC4CCOCC4)CC3)nc12. The van der Waals surface area contributed by atoms with Crippen LogP contribution in [-0.4, -0.2) is 49.3 Å². The summed E-state index contributed by atoms with van der Waals surface area (Å²) >= 11 is 0. The Balaban J connectivity index is 1.51. The lowest BCUT2D eigenvalue weighted by atomic mass is 10.0. The highest BCUT2D eigenvalue weighted by molar-refractivity contribution is 6.02. The molecular formula is C21H28N4O2. The number of pyridine rings is 1. The lowest BCUT2D eigenvalue weighted by Crippen LogP contribution is -2.48. The van der Waals surface area contributed by atoms with Crippen LogP contribution in [0, 0.1) is 6.92 Å². The van der Waals surface area contributed by atoms with Gasteiger partial charge in [0.1, 0.15) is 5.82 Å². The number of nitrogens with two attached hydrogens (primary N) is 1. The number of carbonyl (C=O) groups is 1. The molecule has 0 spiro atoms. The summed E-state index contributed by atoms with van der Waals surface area (Å²) in [5.41, 5.74) is 8.25. The Morgan fingerprint density at radius 2 is 1.89 bits per heavy atom. The van der Waals surface area contributed by atoms with E-state index in [1.807, 2.05) is 31.2 Å². The number of carbonyl (C=O) groups excluding carboxylic acids is 1. The molecule has 144 valence electrons. The number of rotatable bonds is 4. The standard InChI is InChI=1S/C21H28N4O2/c1-14-3-2-4-15-13-18(20(22)26)21(24-19(14)15)25-9-5-16(6-10-25)23-17-7-11-27-12-8-17/h2-4,13,16-17,23H,5-12H2,1H3,(H2,22,26). The molecule has 1 aromatic carbocycles.